The van der Waals surface area contributed by atoms with Crippen LogP contribution in [0.3, 0.4) is 0 Å². The second-order valence-electron chi connectivity index (χ2n) is 9.31. The van der Waals surface area contributed by atoms with E-state index in [4.69, 9.17) is 11.3 Å². The van der Waals surface area contributed by atoms with Crippen molar-refractivity contribution in [2.45, 2.75) is 32.7 Å². The van der Waals surface area contributed by atoms with E-state index < -0.39 is 11.6 Å². The molecule has 0 atom stereocenters. The van der Waals surface area contributed by atoms with E-state index in [9.17, 15) is 14.0 Å². The molecule has 0 N–H and O–H groups in total. The molecular weight excluding hydrogens is 459 g/mol. The fourth-order valence-corrected chi connectivity index (χ4v) is 4.26. The predicted molar refractivity (Wildman–Crippen MR) is 134 cm³/mol. The first-order chi connectivity index (χ1) is 17.1. The van der Waals surface area contributed by atoms with E-state index in [-0.39, 0.29) is 18.3 Å². The number of pyridine rings is 1. The zero-order valence-electron chi connectivity index (χ0n) is 20.8. The highest BCUT2D eigenvalue weighted by Crippen LogP contribution is 2.34. The molecule has 0 saturated carbocycles. The zero-order valence-corrected chi connectivity index (χ0v) is 20.8. The van der Waals surface area contributed by atoms with Gasteiger partial charge in [-0.1, -0.05) is 6.07 Å². The van der Waals surface area contributed by atoms with Crippen LogP contribution in [0, 0.1) is 19.3 Å². The Labute approximate surface area is 210 Å². The second-order valence-corrected chi connectivity index (χ2v) is 9.31. The molecule has 0 unspecified atom stereocenters. The van der Waals surface area contributed by atoms with Crippen LogP contribution in [0.15, 0.2) is 60.9 Å². The number of hydrogen-bond acceptors (Lipinski definition) is 3. The number of aryl methyl sites for hydroxylation is 2. The standard InChI is InChI=1S/C28H28FN4O3/c1-19-17-21(7-10-25(19)30-4)33-26(34)28(2,3)32(27(33)35)13-6-16-36-22-8-9-23(24(29)18-22)20-11-14-31(5)15-12-20/h7-12,14-15,17-18H,6,13,16H2,1-3,5H3/q+1. The van der Waals surface area contributed by atoms with Gasteiger partial charge in [-0.05, 0) is 62.6 Å². The van der Waals surface area contributed by atoms with Gasteiger partial charge in [0.2, 0.25) is 0 Å². The third-order valence-corrected chi connectivity index (χ3v) is 6.41. The molecule has 184 valence electrons. The smallest absolute Gasteiger partial charge is 0.332 e. The second kappa shape index (κ2) is 9.78. The van der Waals surface area contributed by atoms with Crippen molar-refractivity contribution in [3.63, 3.8) is 0 Å². The average Bonchev–Trinajstić information content (AvgIpc) is 3.01. The lowest BCUT2D eigenvalue weighted by Gasteiger charge is -2.27. The Hall–Kier alpha value is -4.25. The number of aromatic nitrogens is 1. The number of rotatable bonds is 7. The summed E-state index contributed by atoms with van der Waals surface area (Å²) in [6.07, 6.45) is 4.18. The van der Waals surface area contributed by atoms with E-state index in [1.54, 1.807) is 51.1 Å². The Bertz CT molecular complexity index is 1360. The lowest BCUT2D eigenvalue weighted by atomic mass is 10.0. The third kappa shape index (κ3) is 4.65. The van der Waals surface area contributed by atoms with Gasteiger partial charge in [-0.25, -0.2) is 23.5 Å². The van der Waals surface area contributed by atoms with Crippen molar-refractivity contribution in [1.82, 2.24) is 4.90 Å². The van der Waals surface area contributed by atoms with Crippen molar-refractivity contribution in [2.24, 2.45) is 7.05 Å². The van der Waals surface area contributed by atoms with Gasteiger partial charge in [-0.3, -0.25) is 4.79 Å². The predicted octanol–water partition coefficient (Wildman–Crippen LogP) is 5.19. The van der Waals surface area contributed by atoms with Gasteiger partial charge < -0.3 is 9.64 Å². The minimum absolute atomic E-state index is 0.257. The molecule has 36 heavy (non-hydrogen) atoms. The number of urea groups is 1. The van der Waals surface area contributed by atoms with Gasteiger partial charge in [0.15, 0.2) is 18.1 Å². The number of hydrogen-bond donors (Lipinski definition) is 0. The Kier molecular flexibility index (Phi) is 6.75. The number of amides is 3. The van der Waals surface area contributed by atoms with Crippen molar-refractivity contribution < 1.29 is 23.3 Å². The highest BCUT2D eigenvalue weighted by atomic mass is 19.1. The fraction of sp³-hybridized carbons (Fsp3) is 0.286. The number of halogens is 1. The van der Waals surface area contributed by atoms with Gasteiger partial charge in [0.05, 0.1) is 18.9 Å². The summed E-state index contributed by atoms with van der Waals surface area (Å²) >= 11 is 0. The summed E-state index contributed by atoms with van der Waals surface area (Å²) in [7, 11) is 1.90. The van der Waals surface area contributed by atoms with E-state index in [0.717, 1.165) is 5.56 Å². The van der Waals surface area contributed by atoms with Crippen molar-refractivity contribution in [1.29, 1.82) is 0 Å². The quantitative estimate of drug-likeness (QED) is 0.199. The van der Waals surface area contributed by atoms with E-state index in [1.807, 2.05) is 36.1 Å². The minimum Gasteiger partial charge on any atom is -0.493 e. The van der Waals surface area contributed by atoms with E-state index in [0.29, 0.717) is 41.2 Å². The lowest BCUT2D eigenvalue weighted by Crippen LogP contribution is -2.44. The summed E-state index contributed by atoms with van der Waals surface area (Å²) in [4.78, 5) is 32.4. The molecule has 3 amide bonds. The van der Waals surface area contributed by atoms with E-state index in [1.165, 1.54) is 15.9 Å². The largest absolute Gasteiger partial charge is 0.493 e. The number of anilines is 1. The van der Waals surface area contributed by atoms with Crippen LogP contribution in [0.25, 0.3) is 16.0 Å². The molecular formula is C28H28FN4O3+. The Balaban J connectivity index is 1.39. The van der Waals surface area contributed by atoms with Gasteiger partial charge in [-0.2, -0.15) is 0 Å². The summed E-state index contributed by atoms with van der Waals surface area (Å²) in [5.41, 5.74) is 1.87. The Morgan fingerprint density at radius 2 is 1.81 bits per heavy atom. The SMILES string of the molecule is [C-]#[N+]c1ccc(N2C(=O)N(CCCOc3ccc(-c4cc[n+](C)cc4)c(F)c3)C(C)(C)C2=O)cc1C. The van der Waals surface area contributed by atoms with Crippen LogP contribution in [0.4, 0.5) is 20.6 Å². The molecule has 1 aliphatic heterocycles. The highest BCUT2D eigenvalue weighted by molar-refractivity contribution is 6.23. The molecule has 2 aromatic carbocycles. The molecule has 0 spiro atoms. The van der Waals surface area contributed by atoms with Crippen LogP contribution in [0.1, 0.15) is 25.8 Å². The summed E-state index contributed by atoms with van der Waals surface area (Å²) in [6, 6.07) is 13.0. The number of carbonyl (C=O) groups excluding carboxylic acids is 2. The summed E-state index contributed by atoms with van der Waals surface area (Å²) in [5, 5.41) is 0. The molecule has 7 nitrogen and oxygen atoms in total. The maximum Gasteiger partial charge on any atom is 0.332 e. The molecule has 1 fully saturated rings. The number of benzene rings is 2. The van der Waals surface area contributed by atoms with Crippen LogP contribution in [0.2, 0.25) is 0 Å². The molecule has 8 heteroatoms. The van der Waals surface area contributed by atoms with Crippen molar-refractivity contribution >= 4 is 23.3 Å². The first-order valence-corrected chi connectivity index (χ1v) is 11.7. The first-order valence-electron chi connectivity index (χ1n) is 11.7. The van der Waals surface area contributed by atoms with Crippen LogP contribution < -0.4 is 14.2 Å². The third-order valence-electron chi connectivity index (χ3n) is 6.41. The number of imide groups is 1. The van der Waals surface area contributed by atoms with Crippen molar-refractivity contribution in [3.8, 4) is 16.9 Å². The normalized spacial score (nSPS) is 14.8. The van der Waals surface area contributed by atoms with Gasteiger partial charge in [0, 0.05) is 30.3 Å². The summed E-state index contributed by atoms with van der Waals surface area (Å²) in [6.45, 7) is 13.0. The molecule has 1 saturated heterocycles. The molecule has 1 aliphatic rings. The van der Waals surface area contributed by atoms with Gasteiger partial charge in [0.1, 0.15) is 24.2 Å². The van der Waals surface area contributed by atoms with E-state index >= 15 is 0 Å². The average molecular weight is 488 g/mol. The van der Waals surface area contributed by atoms with Crippen LogP contribution >= 0.6 is 0 Å². The van der Waals surface area contributed by atoms with Gasteiger partial charge in [-0.15, -0.1) is 0 Å². The Morgan fingerprint density at radius 1 is 1.08 bits per heavy atom. The number of carbonyl (C=O) groups is 2. The van der Waals surface area contributed by atoms with Crippen LogP contribution in [0.5, 0.6) is 5.75 Å². The first kappa shape index (κ1) is 24.9. The highest BCUT2D eigenvalue weighted by Gasteiger charge is 2.51. The molecule has 1 aromatic heterocycles. The number of nitrogens with zero attached hydrogens (tertiary/aromatic N) is 4. The molecule has 0 aliphatic carbocycles. The van der Waals surface area contributed by atoms with Crippen LogP contribution in [-0.2, 0) is 11.8 Å². The monoisotopic (exact) mass is 487 g/mol. The summed E-state index contributed by atoms with van der Waals surface area (Å²) < 4.78 is 22.3. The maximum absolute atomic E-state index is 14.7. The zero-order chi connectivity index (χ0) is 26.0. The number of ether oxygens (including phenoxy) is 1. The van der Waals surface area contributed by atoms with Crippen LogP contribution in [-0.4, -0.2) is 35.5 Å². The summed E-state index contributed by atoms with van der Waals surface area (Å²) in [5.74, 6) is -0.300. The molecule has 0 radical (unpaired) electrons. The van der Waals surface area contributed by atoms with Crippen molar-refractivity contribution in [3.05, 3.63) is 83.7 Å². The molecule has 3 aromatic rings. The van der Waals surface area contributed by atoms with Gasteiger partial charge in [0.25, 0.3) is 5.91 Å². The fourth-order valence-electron chi connectivity index (χ4n) is 4.26. The van der Waals surface area contributed by atoms with E-state index in [2.05, 4.69) is 4.85 Å². The molecule has 4 rings (SSSR count). The van der Waals surface area contributed by atoms with Crippen molar-refractivity contribution in [2.75, 3.05) is 18.1 Å². The maximum atomic E-state index is 14.7. The Morgan fingerprint density at radius 3 is 2.44 bits per heavy atom. The minimum atomic E-state index is -1.02. The van der Waals surface area contributed by atoms with Gasteiger partial charge >= 0.3 is 6.03 Å². The lowest BCUT2D eigenvalue weighted by molar-refractivity contribution is -0.671. The molecule has 0 bridgehead atoms. The topological polar surface area (TPSA) is 58.1 Å². The molecule has 2 heterocycles.